The number of hydrogen-bond acceptors (Lipinski definition) is 4. The first-order valence-corrected chi connectivity index (χ1v) is 8.26. The highest BCUT2D eigenvalue weighted by molar-refractivity contribution is 7.89. The van der Waals surface area contributed by atoms with Gasteiger partial charge in [-0.2, -0.15) is 5.10 Å². The smallest absolute Gasteiger partial charge is 0.242 e. The van der Waals surface area contributed by atoms with Crippen molar-refractivity contribution in [1.29, 1.82) is 0 Å². The Morgan fingerprint density at radius 3 is 2.62 bits per heavy atom. The molecule has 0 saturated heterocycles. The maximum Gasteiger partial charge on any atom is 0.242 e. The van der Waals surface area contributed by atoms with Crippen LogP contribution in [0.4, 0.5) is 0 Å². The highest BCUT2D eigenvalue weighted by Crippen LogP contribution is 2.15. The van der Waals surface area contributed by atoms with Crippen molar-refractivity contribution < 1.29 is 8.42 Å². The Kier molecular flexibility index (Phi) is 4.81. The molecule has 116 valence electrons. The van der Waals surface area contributed by atoms with Crippen LogP contribution in [0.5, 0.6) is 0 Å². The van der Waals surface area contributed by atoms with Crippen molar-refractivity contribution in [3.8, 4) is 0 Å². The Balaban J connectivity index is 2.17. The summed E-state index contributed by atoms with van der Waals surface area (Å²) in [6.45, 7) is 3.56. The molecule has 8 heteroatoms. The molecular weight excluding hydrogens is 290 g/mol. The summed E-state index contributed by atoms with van der Waals surface area (Å²) in [7, 11) is 0.0922. The van der Waals surface area contributed by atoms with Crippen LogP contribution in [0, 0.1) is 0 Å². The Morgan fingerprint density at radius 2 is 2.05 bits per heavy atom. The quantitative estimate of drug-likeness (QED) is 0.777. The number of hydrogen-bond donors (Lipinski definition) is 2. The second-order valence-electron chi connectivity index (χ2n) is 4.75. The molecule has 7 nitrogen and oxygen atoms in total. The van der Waals surface area contributed by atoms with Gasteiger partial charge < -0.3 is 9.88 Å². The van der Waals surface area contributed by atoms with E-state index in [1.807, 2.05) is 18.5 Å². The maximum absolute atomic E-state index is 12.3. The molecule has 0 radical (unpaired) electrons. The summed E-state index contributed by atoms with van der Waals surface area (Å²) in [6.07, 6.45) is 3.31. The van der Waals surface area contributed by atoms with Gasteiger partial charge in [-0.05, 0) is 26.1 Å². The summed E-state index contributed by atoms with van der Waals surface area (Å²) in [5.41, 5.74) is 1.75. The van der Waals surface area contributed by atoms with Crippen molar-refractivity contribution in [2.45, 2.75) is 31.5 Å². The number of aryl methyl sites for hydroxylation is 2. The second-order valence-corrected chi connectivity index (χ2v) is 6.52. The van der Waals surface area contributed by atoms with Crippen molar-refractivity contribution in [3.05, 3.63) is 35.9 Å². The Morgan fingerprint density at radius 1 is 1.29 bits per heavy atom. The zero-order valence-corrected chi connectivity index (χ0v) is 13.3. The Bertz CT molecular complexity index is 702. The number of nitrogens with zero attached hydrogens (tertiary/aromatic N) is 3. The Labute approximate surface area is 125 Å². The average molecular weight is 311 g/mol. The first-order valence-electron chi connectivity index (χ1n) is 6.78. The predicted octanol–water partition coefficient (Wildman–Crippen LogP) is 0.439. The molecule has 2 rings (SSSR count). The number of sulfonamides is 1. The van der Waals surface area contributed by atoms with Crippen molar-refractivity contribution in [3.63, 3.8) is 0 Å². The molecule has 0 aliphatic carbocycles. The largest absolute Gasteiger partial charge is 0.349 e. The second kappa shape index (κ2) is 6.42. The lowest BCUT2D eigenvalue weighted by atomic mass is 10.4. The van der Waals surface area contributed by atoms with Crippen LogP contribution >= 0.6 is 0 Å². The lowest BCUT2D eigenvalue weighted by molar-refractivity contribution is 0.576. The van der Waals surface area contributed by atoms with Gasteiger partial charge in [-0.25, -0.2) is 13.1 Å². The minimum Gasteiger partial charge on any atom is -0.349 e. The molecule has 0 aliphatic rings. The standard InChI is InChI=1S/C13H21N5O2S/c1-4-18-10-13(7-12(18)8-14-2)21(19,20)16-9-11-5-6-15-17(11)3/h5-7,10,14,16H,4,8-9H2,1-3H3. The molecule has 0 unspecified atom stereocenters. The third-order valence-corrected chi connectivity index (χ3v) is 4.70. The minimum absolute atomic E-state index is 0.220. The van der Waals surface area contributed by atoms with Gasteiger partial charge in [0.25, 0.3) is 0 Å². The van der Waals surface area contributed by atoms with Crippen molar-refractivity contribution >= 4 is 10.0 Å². The molecule has 2 heterocycles. The van der Waals surface area contributed by atoms with E-state index in [0.717, 1.165) is 17.9 Å². The third-order valence-electron chi connectivity index (χ3n) is 3.34. The lowest BCUT2D eigenvalue weighted by Crippen LogP contribution is -2.24. The molecule has 0 atom stereocenters. The number of nitrogens with one attached hydrogen (secondary N) is 2. The first-order chi connectivity index (χ1) is 9.97. The summed E-state index contributed by atoms with van der Waals surface area (Å²) >= 11 is 0. The van der Waals surface area contributed by atoms with Gasteiger partial charge in [0.1, 0.15) is 0 Å². The van der Waals surface area contributed by atoms with Crippen molar-refractivity contribution in [2.75, 3.05) is 7.05 Å². The van der Waals surface area contributed by atoms with Gasteiger partial charge >= 0.3 is 0 Å². The maximum atomic E-state index is 12.3. The fraction of sp³-hybridized carbons (Fsp3) is 0.462. The van der Waals surface area contributed by atoms with Crippen LogP contribution in [0.2, 0.25) is 0 Å². The summed E-state index contributed by atoms with van der Waals surface area (Å²) in [5, 5.41) is 7.05. The van der Waals surface area contributed by atoms with Gasteiger partial charge in [0.2, 0.25) is 10.0 Å². The van der Waals surface area contributed by atoms with Crippen LogP contribution in [-0.4, -0.2) is 29.8 Å². The van der Waals surface area contributed by atoms with Gasteiger partial charge in [0, 0.05) is 38.2 Å². The van der Waals surface area contributed by atoms with Crippen LogP contribution in [0.15, 0.2) is 29.4 Å². The normalized spacial score (nSPS) is 12.0. The zero-order chi connectivity index (χ0) is 15.5. The number of aromatic nitrogens is 3. The van der Waals surface area contributed by atoms with Crippen molar-refractivity contribution in [1.82, 2.24) is 24.4 Å². The SMILES string of the molecule is CCn1cc(S(=O)(=O)NCc2ccnn2C)cc1CNC. The Hall–Kier alpha value is -1.64. The predicted molar refractivity (Wildman–Crippen MR) is 80.1 cm³/mol. The molecule has 2 N–H and O–H groups in total. The third kappa shape index (κ3) is 3.52. The van der Waals surface area contributed by atoms with Crippen molar-refractivity contribution in [2.24, 2.45) is 7.05 Å². The summed E-state index contributed by atoms with van der Waals surface area (Å²) in [5.74, 6) is 0. The average Bonchev–Trinajstić information content (AvgIpc) is 3.04. The van der Waals surface area contributed by atoms with E-state index in [2.05, 4.69) is 15.1 Å². The van der Waals surface area contributed by atoms with E-state index in [1.54, 1.807) is 36.3 Å². The zero-order valence-electron chi connectivity index (χ0n) is 12.5. The minimum atomic E-state index is -3.52. The van der Waals surface area contributed by atoms with E-state index >= 15 is 0 Å². The fourth-order valence-electron chi connectivity index (χ4n) is 2.12. The summed E-state index contributed by atoms with van der Waals surface area (Å²) < 4.78 is 30.9. The number of rotatable bonds is 7. The molecule has 21 heavy (non-hydrogen) atoms. The molecule has 0 fully saturated rings. The molecule has 0 aromatic carbocycles. The topological polar surface area (TPSA) is 81.0 Å². The van der Waals surface area contributed by atoms with Gasteiger partial charge in [-0.3, -0.25) is 4.68 Å². The molecular formula is C13H21N5O2S. The first kappa shape index (κ1) is 15.7. The van der Waals surface area contributed by atoms with Gasteiger partial charge in [0.15, 0.2) is 0 Å². The lowest BCUT2D eigenvalue weighted by Gasteiger charge is -2.05. The highest BCUT2D eigenvalue weighted by Gasteiger charge is 2.18. The molecule has 2 aromatic heterocycles. The van der Waals surface area contributed by atoms with Gasteiger partial charge in [-0.1, -0.05) is 0 Å². The van der Waals surface area contributed by atoms with E-state index in [1.165, 1.54) is 0 Å². The fourth-order valence-corrected chi connectivity index (χ4v) is 3.18. The van der Waals surface area contributed by atoms with E-state index < -0.39 is 10.0 Å². The van der Waals surface area contributed by atoms with E-state index in [0.29, 0.717) is 6.54 Å². The monoisotopic (exact) mass is 311 g/mol. The summed E-state index contributed by atoms with van der Waals surface area (Å²) in [6, 6.07) is 3.48. The van der Waals surface area contributed by atoms with Crippen LogP contribution in [-0.2, 0) is 36.7 Å². The molecule has 0 amide bonds. The van der Waals surface area contributed by atoms with Crippen LogP contribution in [0.25, 0.3) is 0 Å². The van der Waals surface area contributed by atoms with Crippen LogP contribution in [0.3, 0.4) is 0 Å². The molecule has 2 aromatic rings. The van der Waals surface area contributed by atoms with E-state index in [9.17, 15) is 8.42 Å². The van der Waals surface area contributed by atoms with Crippen LogP contribution in [0.1, 0.15) is 18.3 Å². The summed E-state index contributed by atoms with van der Waals surface area (Å²) in [4.78, 5) is 0.289. The van der Waals surface area contributed by atoms with Crippen LogP contribution < -0.4 is 10.0 Å². The van der Waals surface area contributed by atoms with Gasteiger partial charge in [-0.15, -0.1) is 0 Å². The van der Waals surface area contributed by atoms with E-state index in [-0.39, 0.29) is 11.4 Å². The highest BCUT2D eigenvalue weighted by atomic mass is 32.2. The van der Waals surface area contributed by atoms with Gasteiger partial charge in [0.05, 0.1) is 17.1 Å². The van der Waals surface area contributed by atoms with E-state index in [4.69, 9.17) is 0 Å². The molecule has 0 saturated carbocycles. The molecule has 0 bridgehead atoms. The molecule has 0 aliphatic heterocycles. The molecule has 0 spiro atoms.